The number of hydrogen-bond acceptors (Lipinski definition) is 6. The highest BCUT2D eigenvalue weighted by atomic mass is 16.5. The maximum absolute atomic E-state index is 12.7. The van der Waals surface area contributed by atoms with Gasteiger partial charge in [0.15, 0.2) is 0 Å². The number of hydrogen-bond donors (Lipinski definition) is 0. The van der Waals surface area contributed by atoms with Crippen LogP contribution in [0.5, 0.6) is 5.75 Å². The number of pyridine rings is 1. The van der Waals surface area contributed by atoms with E-state index >= 15 is 0 Å². The van der Waals surface area contributed by atoms with Crippen LogP contribution >= 0.6 is 0 Å². The molecule has 1 aliphatic carbocycles. The minimum Gasteiger partial charge on any atom is -0.486 e. The SMILES string of the molecule is O=C(c1cnccn1)N1CCO[C@@H]2[C@@H](Oc3cccnc3)CC[C@H]21. The lowest BCUT2D eigenvalue weighted by Gasteiger charge is -2.38. The fraction of sp³-hybridized carbons (Fsp3) is 0.412. The second-order valence-corrected chi connectivity index (χ2v) is 5.91. The lowest BCUT2D eigenvalue weighted by Crippen LogP contribution is -2.54. The molecule has 1 saturated carbocycles. The van der Waals surface area contributed by atoms with E-state index in [2.05, 4.69) is 15.0 Å². The molecule has 0 bridgehead atoms. The van der Waals surface area contributed by atoms with Crippen LogP contribution in [0.1, 0.15) is 23.3 Å². The summed E-state index contributed by atoms with van der Waals surface area (Å²) in [5, 5.41) is 0. The fourth-order valence-electron chi connectivity index (χ4n) is 3.44. The van der Waals surface area contributed by atoms with Gasteiger partial charge in [-0.2, -0.15) is 0 Å². The van der Waals surface area contributed by atoms with E-state index in [-0.39, 0.29) is 24.2 Å². The first-order valence-electron chi connectivity index (χ1n) is 8.08. The standard InChI is InChI=1S/C17H18N4O3/c22-17(13-11-19-6-7-20-13)21-8-9-23-16-14(21)3-4-15(16)24-12-2-1-5-18-10-12/h1-2,5-7,10-11,14-16H,3-4,8-9H2/t14-,15+,16+/m1/s1. The predicted octanol–water partition coefficient (Wildman–Crippen LogP) is 1.32. The molecule has 0 spiro atoms. The van der Waals surface area contributed by atoms with Gasteiger partial charge in [0.1, 0.15) is 23.7 Å². The van der Waals surface area contributed by atoms with Crippen LogP contribution in [0.15, 0.2) is 43.1 Å². The zero-order chi connectivity index (χ0) is 16.4. The Labute approximate surface area is 139 Å². The fourth-order valence-corrected chi connectivity index (χ4v) is 3.44. The van der Waals surface area contributed by atoms with E-state index in [1.165, 1.54) is 12.4 Å². The quantitative estimate of drug-likeness (QED) is 0.847. The van der Waals surface area contributed by atoms with E-state index in [9.17, 15) is 4.79 Å². The maximum atomic E-state index is 12.7. The van der Waals surface area contributed by atoms with Gasteiger partial charge in [-0.3, -0.25) is 14.8 Å². The summed E-state index contributed by atoms with van der Waals surface area (Å²) in [5.74, 6) is 0.632. The molecule has 4 rings (SSSR count). The second kappa shape index (κ2) is 6.52. The number of morpholine rings is 1. The van der Waals surface area contributed by atoms with Gasteiger partial charge in [0, 0.05) is 25.1 Å². The number of fused-ring (bicyclic) bond motifs is 1. The molecule has 3 heterocycles. The molecule has 2 aromatic rings. The molecule has 0 radical (unpaired) electrons. The number of rotatable bonds is 3. The van der Waals surface area contributed by atoms with E-state index in [4.69, 9.17) is 9.47 Å². The molecule has 2 aliphatic rings. The summed E-state index contributed by atoms with van der Waals surface area (Å²) in [6.07, 6.45) is 9.50. The highest BCUT2D eigenvalue weighted by Crippen LogP contribution is 2.33. The minimum absolute atomic E-state index is 0.00919. The highest BCUT2D eigenvalue weighted by Gasteiger charge is 2.46. The third-order valence-electron chi connectivity index (χ3n) is 4.50. The first-order chi connectivity index (χ1) is 11.8. The smallest absolute Gasteiger partial charge is 0.274 e. The topological polar surface area (TPSA) is 77.4 Å². The molecular weight excluding hydrogens is 308 g/mol. The number of amides is 1. The number of nitrogens with zero attached hydrogens (tertiary/aromatic N) is 4. The summed E-state index contributed by atoms with van der Waals surface area (Å²) in [7, 11) is 0. The summed E-state index contributed by atoms with van der Waals surface area (Å²) in [6, 6.07) is 3.73. The van der Waals surface area contributed by atoms with Crippen molar-refractivity contribution in [1.82, 2.24) is 19.9 Å². The van der Waals surface area contributed by atoms with Crippen molar-refractivity contribution in [3.8, 4) is 5.75 Å². The summed E-state index contributed by atoms with van der Waals surface area (Å²) in [5.41, 5.74) is 0.370. The Kier molecular flexibility index (Phi) is 4.08. The van der Waals surface area contributed by atoms with E-state index in [1.54, 1.807) is 18.6 Å². The van der Waals surface area contributed by atoms with Crippen LogP contribution in [0.4, 0.5) is 0 Å². The Hall–Kier alpha value is -2.54. The van der Waals surface area contributed by atoms with E-state index in [0.29, 0.717) is 18.8 Å². The molecule has 1 amide bonds. The molecule has 2 fully saturated rings. The molecule has 1 saturated heterocycles. The molecule has 124 valence electrons. The Morgan fingerprint density at radius 3 is 2.92 bits per heavy atom. The van der Waals surface area contributed by atoms with Gasteiger partial charge in [-0.1, -0.05) is 0 Å². The van der Waals surface area contributed by atoms with Crippen molar-refractivity contribution in [3.05, 3.63) is 48.8 Å². The first-order valence-corrected chi connectivity index (χ1v) is 8.08. The van der Waals surface area contributed by atoms with Crippen LogP contribution in [0.2, 0.25) is 0 Å². The van der Waals surface area contributed by atoms with E-state index < -0.39 is 0 Å². The summed E-state index contributed by atoms with van der Waals surface area (Å²) < 4.78 is 12.0. The number of aromatic nitrogens is 3. The van der Waals surface area contributed by atoms with Crippen LogP contribution in [0, 0.1) is 0 Å². The maximum Gasteiger partial charge on any atom is 0.274 e. The summed E-state index contributed by atoms with van der Waals surface area (Å²) in [6.45, 7) is 1.07. The van der Waals surface area contributed by atoms with Crippen molar-refractivity contribution < 1.29 is 14.3 Å². The zero-order valence-corrected chi connectivity index (χ0v) is 13.1. The van der Waals surface area contributed by atoms with Crippen LogP contribution in [-0.4, -0.2) is 57.2 Å². The van der Waals surface area contributed by atoms with Crippen LogP contribution in [0.25, 0.3) is 0 Å². The van der Waals surface area contributed by atoms with E-state index in [0.717, 1.165) is 18.6 Å². The molecule has 7 heteroatoms. The molecular formula is C17H18N4O3. The Morgan fingerprint density at radius 2 is 2.12 bits per heavy atom. The van der Waals surface area contributed by atoms with Crippen molar-refractivity contribution in [2.75, 3.05) is 13.2 Å². The molecule has 7 nitrogen and oxygen atoms in total. The average molecular weight is 326 g/mol. The highest BCUT2D eigenvalue weighted by molar-refractivity contribution is 5.92. The normalized spacial score (nSPS) is 26.0. The third kappa shape index (κ3) is 2.82. The van der Waals surface area contributed by atoms with Gasteiger partial charge < -0.3 is 14.4 Å². The summed E-state index contributed by atoms with van der Waals surface area (Å²) >= 11 is 0. The molecule has 2 aromatic heterocycles. The zero-order valence-electron chi connectivity index (χ0n) is 13.1. The van der Waals surface area contributed by atoms with Crippen molar-refractivity contribution in [3.63, 3.8) is 0 Å². The second-order valence-electron chi connectivity index (χ2n) is 5.91. The Bertz CT molecular complexity index is 697. The minimum atomic E-state index is -0.125. The summed E-state index contributed by atoms with van der Waals surface area (Å²) in [4.78, 5) is 26.7. The molecule has 0 N–H and O–H groups in total. The van der Waals surface area contributed by atoms with Crippen LogP contribution in [-0.2, 0) is 4.74 Å². The van der Waals surface area contributed by atoms with Crippen LogP contribution in [0.3, 0.4) is 0 Å². The lowest BCUT2D eigenvalue weighted by molar-refractivity contribution is -0.0787. The molecule has 0 aromatic carbocycles. The number of ether oxygens (including phenoxy) is 2. The van der Waals surface area contributed by atoms with Crippen molar-refractivity contribution >= 4 is 5.91 Å². The average Bonchev–Trinajstić information content (AvgIpc) is 3.06. The monoisotopic (exact) mass is 326 g/mol. The Morgan fingerprint density at radius 1 is 1.21 bits per heavy atom. The third-order valence-corrected chi connectivity index (χ3v) is 4.50. The molecule has 3 atom stereocenters. The molecule has 24 heavy (non-hydrogen) atoms. The number of carbonyl (C=O) groups excluding carboxylic acids is 1. The number of carbonyl (C=O) groups is 1. The first kappa shape index (κ1) is 15.0. The van der Waals surface area contributed by atoms with Crippen molar-refractivity contribution in [2.24, 2.45) is 0 Å². The van der Waals surface area contributed by atoms with Crippen LogP contribution < -0.4 is 4.74 Å². The van der Waals surface area contributed by atoms with Gasteiger partial charge in [-0.05, 0) is 25.0 Å². The Balaban J connectivity index is 1.49. The van der Waals surface area contributed by atoms with Gasteiger partial charge >= 0.3 is 0 Å². The van der Waals surface area contributed by atoms with Gasteiger partial charge in [0.2, 0.25) is 0 Å². The largest absolute Gasteiger partial charge is 0.486 e. The van der Waals surface area contributed by atoms with Crippen molar-refractivity contribution in [1.29, 1.82) is 0 Å². The predicted molar refractivity (Wildman–Crippen MR) is 84.5 cm³/mol. The lowest BCUT2D eigenvalue weighted by atomic mass is 10.1. The van der Waals surface area contributed by atoms with Crippen molar-refractivity contribution in [2.45, 2.75) is 31.1 Å². The molecule has 1 aliphatic heterocycles. The van der Waals surface area contributed by atoms with Gasteiger partial charge in [-0.25, -0.2) is 4.98 Å². The van der Waals surface area contributed by atoms with Gasteiger partial charge in [0.05, 0.1) is 25.0 Å². The molecule has 0 unspecified atom stereocenters. The van der Waals surface area contributed by atoms with Gasteiger partial charge in [-0.15, -0.1) is 0 Å². The van der Waals surface area contributed by atoms with E-state index in [1.807, 2.05) is 17.0 Å². The van der Waals surface area contributed by atoms with Gasteiger partial charge in [0.25, 0.3) is 5.91 Å².